The standard InChI is InChI=1S/C11H22N2O3/c1-13-10(11(12)14)5-7-15-8-9-4-2-3-6-16-9/h9-10,13H,2-8H2,1H3,(H2,12,14). The summed E-state index contributed by atoms with van der Waals surface area (Å²) in [5, 5.41) is 2.85. The van der Waals surface area contributed by atoms with Gasteiger partial charge in [-0.3, -0.25) is 4.79 Å². The summed E-state index contributed by atoms with van der Waals surface area (Å²) in [6, 6.07) is -0.299. The fourth-order valence-electron chi connectivity index (χ4n) is 1.78. The highest BCUT2D eigenvalue weighted by Gasteiger charge is 2.15. The van der Waals surface area contributed by atoms with E-state index >= 15 is 0 Å². The molecule has 0 saturated carbocycles. The number of amides is 1. The zero-order chi connectivity index (χ0) is 11.8. The Morgan fingerprint density at radius 2 is 2.44 bits per heavy atom. The minimum atomic E-state index is -0.333. The second kappa shape index (κ2) is 7.60. The molecule has 94 valence electrons. The summed E-state index contributed by atoms with van der Waals surface area (Å²) in [5.41, 5.74) is 5.19. The number of hydrogen-bond acceptors (Lipinski definition) is 4. The Kier molecular flexibility index (Phi) is 6.37. The van der Waals surface area contributed by atoms with E-state index in [1.54, 1.807) is 7.05 Å². The molecule has 0 radical (unpaired) electrons. The van der Waals surface area contributed by atoms with Gasteiger partial charge in [-0.2, -0.15) is 0 Å². The van der Waals surface area contributed by atoms with E-state index in [1.807, 2.05) is 0 Å². The zero-order valence-corrected chi connectivity index (χ0v) is 9.91. The summed E-state index contributed by atoms with van der Waals surface area (Å²) in [6.07, 6.45) is 4.29. The van der Waals surface area contributed by atoms with Crippen molar-refractivity contribution in [1.82, 2.24) is 5.32 Å². The molecule has 3 N–H and O–H groups in total. The van der Waals surface area contributed by atoms with Gasteiger partial charge in [-0.15, -0.1) is 0 Å². The first-order valence-corrected chi connectivity index (χ1v) is 5.90. The Bertz CT molecular complexity index is 205. The summed E-state index contributed by atoms with van der Waals surface area (Å²) in [6.45, 7) is 2.00. The predicted molar refractivity (Wildman–Crippen MR) is 61.1 cm³/mol. The first-order valence-electron chi connectivity index (χ1n) is 5.90. The fraction of sp³-hybridized carbons (Fsp3) is 0.909. The lowest BCUT2D eigenvalue weighted by molar-refractivity contribution is -0.120. The third-order valence-corrected chi connectivity index (χ3v) is 2.82. The van der Waals surface area contributed by atoms with E-state index in [1.165, 1.54) is 6.42 Å². The number of nitrogens with two attached hydrogens (primary N) is 1. The molecule has 2 atom stereocenters. The van der Waals surface area contributed by atoms with Crippen molar-refractivity contribution in [2.75, 3.05) is 26.9 Å². The molecule has 5 nitrogen and oxygen atoms in total. The molecular formula is C11H22N2O3. The van der Waals surface area contributed by atoms with Crippen LogP contribution in [0.25, 0.3) is 0 Å². The van der Waals surface area contributed by atoms with Crippen molar-refractivity contribution in [2.45, 2.75) is 37.8 Å². The van der Waals surface area contributed by atoms with Crippen LogP contribution < -0.4 is 11.1 Å². The molecule has 1 amide bonds. The lowest BCUT2D eigenvalue weighted by Crippen LogP contribution is -2.40. The van der Waals surface area contributed by atoms with Gasteiger partial charge in [0.25, 0.3) is 0 Å². The smallest absolute Gasteiger partial charge is 0.234 e. The number of nitrogens with one attached hydrogen (secondary N) is 1. The molecule has 16 heavy (non-hydrogen) atoms. The van der Waals surface area contributed by atoms with Gasteiger partial charge in [0.05, 0.1) is 18.8 Å². The van der Waals surface area contributed by atoms with E-state index in [4.69, 9.17) is 15.2 Å². The fourth-order valence-corrected chi connectivity index (χ4v) is 1.78. The largest absolute Gasteiger partial charge is 0.379 e. The molecule has 0 aromatic rings. The van der Waals surface area contributed by atoms with Crippen LogP contribution in [0.4, 0.5) is 0 Å². The van der Waals surface area contributed by atoms with Crippen molar-refractivity contribution in [1.29, 1.82) is 0 Å². The van der Waals surface area contributed by atoms with Gasteiger partial charge in [-0.1, -0.05) is 0 Å². The average Bonchev–Trinajstić information content (AvgIpc) is 2.30. The molecule has 1 saturated heterocycles. The SMILES string of the molecule is CNC(CCOCC1CCCCO1)C(N)=O. The number of hydrogen-bond donors (Lipinski definition) is 2. The van der Waals surface area contributed by atoms with Crippen LogP contribution in [0.5, 0.6) is 0 Å². The molecular weight excluding hydrogens is 208 g/mol. The summed E-state index contributed by atoms with van der Waals surface area (Å²) in [7, 11) is 1.72. The normalized spacial score (nSPS) is 22.9. The molecule has 0 aliphatic carbocycles. The minimum absolute atomic E-state index is 0.232. The first-order chi connectivity index (χ1) is 7.74. The van der Waals surface area contributed by atoms with E-state index < -0.39 is 0 Å². The number of rotatable bonds is 7. The number of carbonyl (C=O) groups is 1. The van der Waals surface area contributed by atoms with Gasteiger partial charge in [0.2, 0.25) is 5.91 Å². The van der Waals surface area contributed by atoms with E-state index in [2.05, 4.69) is 5.32 Å². The van der Waals surface area contributed by atoms with Gasteiger partial charge < -0.3 is 20.5 Å². The Labute approximate surface area is 96.7 Å². The van der Waals surface area contributed by atoms with Crippen LogP contribution in [-0.2, 0) is 14.3 Å². The maximum absolute atomic E-state index is 10.9. The number of primary amides is 1. The molecule has 2 unspecified atom stereocenters. The van der Waals surface area contributed by atoms with Crippen LogP contribution in [0.3, 0.4) is 0 Å². The second-order valence-electron chi connectivity index (χ2n) is 4.10. The van der Waals surface area contributed by atoms with Crippen molar-refractivity contribution >= 4 is 5.91 Å². The third-order valence-electron chi connectivity index (χ3n) is 2.82. The Morgan fingerprint density at radius 3 is 3.00 bits per heavy atom. The second-order valence-corrected chi connectivity index (χ2v) is 4.10. The number of likely N-dealkylation sites (N-methyl/N-ethyl adjacent to an activating group) is 1. The zero-order valence-electron chi connectivity index (χ0n) is 9.91. The van der Waals surface area contributed by atoms with Crippen LogP contribution in [0.2, 0.25) is 0 Å². The highest BCUT2D eigenvalue weighted by Crippen LogP contribution is 2.12. The van der Waals surface area contributed by atoms with Gasteiger partial charge in [-0.25, -0.2) is 0 Å². The molecule has 1 aliphatic rings. The van der Waals surface area contributed by atoms with Crippen LogP contribution in [0.15, 0.2) is 0 Å². The summed E-state index contributed by atoms with van der Waals surface area (Å²) >= 11 is 0. The van der Waals surface area contributed by atoms with Crippen molar-refractivity contribution in [3.63, 3.8) is 0 Å². The van der Waals surface area contributed by atoms with E-state index in [0.29, 0.717) is 19.6 Å². The summed E-state index contributed by atoms with van der Waals surface area (Å²) in [4.78, 5) is 10.9. The van der Waals surface area contributed by atoms with Crippen molar-refractivity contribution in [3.8, 4) is 0 Å². The van der Waals surface area contributed by atoms with E-state index in [9.17, 15) is 4.79 Å². The highest BCUT2D eigenvalue weighted by atomic mass is 16.5. The van der Waals surface area contributed by atoms with Crippen LogP contribution in [0.1, 0.15) is 25.7 Å². The van der Waals surface area contributed by atoms with Gasteiger partial charge in [0.1, 0.15) is 0 Å². The molecule has 0 spiro atoms. The maximum Gasteiger partial charge on any atom is 0.234 e. The quantitative estimate of drug-likeness (QED) is 0.605. The molecule has 0 aromatic heterocycles. The molecule has 5 heteroatoms. The number of ether oxygens (including phenoxy) is 2. The van der Waals surface area contributed by atoms with E-state index in [0.717, 1.165) is 19.4 Å². The van der Waals surface area contributed by atoms with Gasteiger partial charge in [0, 0.05) is 13.2 Å². The third kappa shape index (κ3) is 4.92. The van der Waals surface area contributed by atoms with Crippen molar-refractivity contribution < 1.29 is 14.3 Å². The Hall–Kier alpha value is -0.650. The molecule has 0 bridgehead atoms. The lowest BCUT2D eigenvalue weighted by Gasteiger charge is -2.22. The Morgan fingerprint density at radius 1 is 1.62 bits per heavy atom. The van der Waals surface area contributed by atoms with Gasteiger partial charge >= 0.3 is 0 Å². The molecule has 0 aromatic carbocycles. The Balaban J connectivity index is 2.03. The predicted octanol–water partition coefficient (Wildman–Crippen LogP) is 0.0355. The summed E-state index contributed by atoms with van der Waals surface area (Å²) < 4.78 is 11.0. The topological polar surface area (TPSA) is 73.6 Å². The van der Waals surface area contributed by atoms with Crippen molar-refractivity contribution in [3.05, 3.63) is 0 Å². The maximum atomic E-state index is 10.9. The average molecular weight is 230 g/mol. The van der Waals surface area contributed by atoms with Crippen molar-refractivity contribution in [2.24, 2.45) is 5.73 Å². The lowest BCUT2D eigenvalue weighted by atomic mass is 10.1. The molecule has 1 aliphatic heterocycles. The number of carbonyl (C=O) groups excluding carboxylic acids is 1. The molecule has 1 fully saturated rings. The van der Waals surface area contributed by atoms with Crippen LogP contribution in [-0.4, -0.2) is 44.9 Å². The van der Waals surface area contributed by atoms with Crippen LogP contribution >= 0.6 is 0 Å². The van der Waals surface area contributed by atoms with Crippen LogP contribution in [0, 0.1) is 0 Å². The first kappa shape index (κ1) is 13.4. The minimum Gasteiger partial charge on any atom is -0.379 e. The monoisotopic (exact) mass is 230 g/mol. The highest BCUT2D eigenvalue weighted by molar-refractivity contribution is 5.79. The van der Waals surface area contributed by atoms with Gasteiger partial charge in [-0.05, 0) is 32.7 Å². The molecule has 1 heterocycles. The van der Waals surface area contributed by atoms with Gasteiger partial charge in [0.15, 0.2) is 0 Å². The van der Waals surface area contributed by atoms with E-state index in [-0.39, 0.29) is 18.1 Å². The molecule has 1 rings (SSSR count). The summed E-state index contributed by atoms with van der Waals surface area (Å²) in [5.74, 6) is -0.333.